The Kier molecular flexibility index (Phi) is 1.40. The lowest BCUT2D eigenvalue weighted by molar-refractivity contribution is 0.111. The predicted octanol–water partition coefficient (Wildman–Crippen LogP) is 1.29. The van der Waals surface area contributed by atoms with Crippen LogP contribution in [-0.2, 0) is 0 Å². The number of nitrogens with zero attached hydrogens (tertiary/aromatic N) is 2. The zero-order valence-electron chi connectivity index (χ0n) is 6.07. The monoisotopic (exact) mass is 164 g/mol. The maximum Gasteiger partial charge on any atom is 0.166 e. The third kappa shape index (κ3) is 0.812. The molecule has 2 rings (SSSR count). The second-order valence-electron chi connectivity index (χ2n) is 2.37. The highest BCUT2D eigenvalue weighted by atomic mass is 19.1. The fourth-order valence-electron chi connectivity index (χ4n) is 1.10. The van der Waals surface area contributed by atoms with Gasteiger partial charge >= 0.3 is 0 Å². The van der Waals surface area contributed by atoms with Gasteiger partial charge in [-0.1, -0.05) is 0 Å². The number of hydrogen-bond donors (Lipinski definition) is 0. The number of fused-ring (bicyclic) bond motifs is 1. The first kappa shape index (κ1) is 6.97. The van der Waals surface area contributed by atoms with Crippen LogP contribution < -0.4 is 0 Å². The maximum atomic E-state index is 13.0. The fourth-order valence-corrected chi connectivity index (χ4v) is 1.10. The standard InChI is InChI=1S/C8H5FN2O/c9-7-2-1-6(4-12)11-5-10-3-8(7)11/h1-5H. The van der Waals surface area contributed by atoms with Gasteiger partial charge in [0.05, 0.1) is 18.2 Å². The topological polar surface area (TPSA) is 34.4 Å². The van der Waals surface area contributed by atoms with Crippen LogP contribution in [0.5, 0.6) is 0 Å². The van der Waals surface area contributed by atoms with Crippen LogP contribution in [0.3, 0.4) is 0 Å². The molecule has 3 nitrogen and oxygen atoms in total. The molecule has 60 valence electrons. The van der Waals surface area contributed by atoms with Crippen molar-refractivity contribution < 1.29 is 9.18 Å². The van der Waals surface area contributed by atoms with Crippen molar-refractivity contribution in [2.45, 2.75) is 0 Å². The van der Waals surface area contributed by atoms with Crippen LogP contribution in [-0.4, -0.2) is 15.7 Å². The molecule has 0 spiro atoms. The lowest BCUT2D eigenvalue weighted by atomic mass is 10.3. The normalized spacial score (nSPS) is 10.4. The van der Waals surface area contributed by atoms with Crippen molar-refractivity contribution in [2.24, 2.45) is 0 Å². The molecule has 0 saturated heterocycles. The second-order valence-corrected chi connectivity index (χ2v) is 2.37. The predicted molar refractivity (Wildman–Crippen MR) is 40.5 cm³/mol. The quantitative estimate of drug-likeness (QED) is 0.595. The van der Waals surface area contributed by atoms with E-state index < -0.39 is 0 Å². The summed E-state index contributed by atoms with van der Waals surface area (Å²) in [6.07, 6.45) is 3.44. The number of carbonyl (C=O) groups excluding carboxylic acids is 1. The highest BCUT2D eigenvalue weighted by Crippen LogP contribution is 2.09. The number of imidazole rings is 1. The van der Waals surface area contributed by atoms with Gasteiger partial charge in [-0.25, -0.2) is 9.37 Å². The van der Waals surface area contributed by atoms with E-state index in [1.165, 1.54) is 29.1 Å². The number of aromatic nitrogens is 2. The number of rotatable bonds is 1. The van der Waals surface area contributed by atoms with Crippen LogP contribution in [0.1, 0.15) is 10.5 Å². The van der Waals surface area contributed by atoms with Crippen molar-refractivity contribution in [3.63, 3.8) is 0 Å². The number of hydrogen-bond acceptors (Lipinski definition) is 2. The van der Waals surface area contributed by atoms with Gasteiger partial charge in [-0.3, -0.25) is 9.20 Å². The Morgan fingerprint density at radius 3 is 3.08 bits per heavy atom. The Balaban J connectivity index is 2.91. The molecule has 4 heteroatoms. The molecule has 0 N–H and O–H groups in total. The van der Waals surface area contributed by atoms with Crippen LogP contribution in [0, 0.1) is 5.82 Å². The van der Waals surface area contributed by atoms with Gasteiger partial charge < -0.3 is 0 Å². The van der Waals surface area contributed by atoms with E-state index in [-0.39, 0.29) is 5.82 Å². The van der Waals surface area contributed by atoms with Crippen LogP contribution in [0.2, 0.25) is 0 Å². The summed E-state index contributed by atoms with van der Waals surface area (Å²) in [7, 11) is 0. The molecule has 12 heavy (non-hydrogen) atoms. The Labute approximate surface area is 67.5 Å². The van der Waals surface area contributed by atoms with E-state index in [0.29, 0.717) is 17.5 Å². The summed E-state index contributed by atoms with van der Waals surface area (Å²) in [5, 5.41) is 0. The van der Waals surface area contributed by atoms with Crippen molar-refractivity contribution in [3.05, 3.63) is 36.2 Å². The minimum absolute atomic E-state index is 0.319. The maximum absolute atomic E-state index is 13.0. The first-order valence-corrected chi connectivity index (χ1v) is 3.38. The molecule has 0 fully saturated rings. The van der Waals surface area contributed by atoms with Gasteiger partial charge in [0.25, 0.3) is 0 Å². The van der Waals surface area contributed by atoms with Gasteiger partial charge in [0.1, 0.15) is 11.3 Å². The molecule has 2 aromatic heterocycles. The van der Waals surface area contributed by atoms with Crippen LogP contribution in [0.25, 0.3) is 5.52 Å². The smallest absolute Gasteiger partial charge is 0.166 e. The van der Waals surface area contributed by atoms with Crippen molar-refractivity contribution in [2.75, 3.05) is 0 Å². The molecule has 0 aliphatic heterocycles. The zero-order valence-corrected chi connectivity index (χ0v) is 6.07. The minimum Gasteiger partial charge on any atom is -0.296 e. The molecule has 0 aliphatic rings. The summed E-state index contributed by atoms with van der Waals surface area (Å²) < 4.78 is 14.4. The van der Waals surface area contributed by atoms with Gasteiger partial charge in [-0.05, 0) is 12.1 Å². The van der Waals surface area contributed by atoms with E-state index >= 15 is 0 Å². The Hall–Kier alpha value is -1.71. The first-order valence-electron chi connectivity index (χ1n) is 3.38. The minimum atomic E-state index is -0.377. The molecular formula is C8H5FN2O. The van der Waals surface area contributed by atoms with E-state index in [4.69, 9.17) is 0 Å². The summed E-state index contributed by atoms with van der Waals surface area (Å²) >= 11 is 0. The van der Waals surface area contributed by atoms with E-state index in [1.807, 2.05) is 0 Å². The molecule has 0 aliphatic carbocycles. The van der Waals surface area contributed by atoms with Crippen LogP contribution in [0.15, 0.2) is 24.7 Å². The Morgan fingerprint density at radius 1 is 1.50 bits per heavy atom. The Bertz CT molecular complexity index is 436. The largest absolute Gasteiger partial charge is 0.296 e. The first-order chi connectivity index (χ1) is 5.83. The molecule has 0 atom stereocenters. The highest BCUT2D eigenvalue weighted by Gasteiger charge is 2.03. The summed E-state index contributed by atoms with van der Waals surface area (Å²) in [6.45, 7) is 0. The third-order valence-corrected chi connectivity index (χ3v) is 1.68. The van der Waals surface area contributed by atoms with Crippen molar-refractivity contribution in [1.82, 2.24) is 9.38 Å². The van der Waals surface area contributed by atoms with E-state index in [0.717, 1.165) is 0 Å². The molecule has 0 aromatic carbocycles. The number of halogens is 1. The van der Waals surface area contributed by atoms with E-state index in [9.17, 15) is 9.18 Å². The molecule has 2 heterocycles. The second kappa shape index (κ2) is 2.41. The van der Waals surface area contributed by atoms with Gasteiger partial charge in [0.2, 0.25) is 0 Å². The van der Waals surface area contributed by atoms with Gasteiger partial charge in [0, 0.05) is 0 Å². The van der Waals surface area contributed by atoms with Gasteiger partial charge in [-0.2, -0.15) is 0 Å². The van der Waals surface area contributed by atoms with E-state index in [2.05, 4.69) is 4.98 Å². The summed E-state index contributed by atoms with van der Waals surface area (Å²) in [4.78, 5) is 14.2. The van der Waals surface area contributed by atoms with Crippen LogP contribution >= 0.6 is 0 Å². The molecule has 0 radical (unpaired) electrons. The molecule has 0 saturated carbocycles. The number of carbonyl (C=O) groups is 1. The average Bonchev–Trinajstić information content (AvgIpc) is 2.54. The van der Waals surface area contributed by atoms with Crippen LogP contribution in [0.4, 0.5) is 4.39 Å². The average molecular weight is 164 g/mol. The summed E-state index contributed by atoms with van der Waals surface area (Å²) in [5.41, 5.74) is 0.712. The molecule has 0 amide bonds. The zero-order chi connectivity index (χ0) is 8.55. The summed E-state index contributed by atoms with van der Waals surface area (Å²) in [5.74, 6) is -0.377. The highest BCUT2D eigenvalue weighted by molar-refractivity contribution is 5.74. The SMILES string of the molecule is O=Cc1ccc(F)c2cncn12. The number of aldehydes is 1. The lowest BCUT2D eigenvalue weighted by Gasteiger charge is -1.97. The van der Waals surface area contributed by atoms with E-state index in [1.54, 1.807) is 0 Å². The molecule has 0 bridgehead atoms. The summed E-state index contributed by atoms with van der Waals surface area (Å²) in [6, 6.07) is 2.66. The van der Waals surface area contributed by atoms with Crippen molar-refractivity contribution in [3.8, 4) is 0 Å². The van der Waals surface area contributed by atoms with Gasteiger partial charge in [-0.15, -0.1) is 0 Å². The lowest BCUT2D eigenvalue weighted by Crippen LogP contribution is -1.94. The number of pyridine rings is 1. The van der Waals surface area contributed by atoms with Crippen molar-refractivity contribution in [1.29, 1.82) is 0 Å². The van der Waals surface area contributed by atoms with Crippen molar-refractivity contribution >= 4 is 11.8 Å². The molecule has 2 aromatic rings. The molecule has 0 unspecified atom stereocenters. The Morgan fingerprint density at radius 2 is 2.33 bits per heavy atom. The molecular weight excluding hydrogens is 159 g/mol. The fraction of sp³-hybridized carbons (Fsp3) is 0. The third-order valence-electron chi connectivity index (χ3n) is 1.68. The van der Waals surface area contributed by atoms with Gasteiger partial charge in [0.15, 0.2) is 6.29 Å².